The Morgan fingerprint density at radius 2 is 1.89 bits per heavy atom. The number of hydrogen-bond donors (Lipinski definition) is 1. The number of urea groups is 1. The first kappa shape index (κ1) is 21.1. The fourth-order valence-electron chi connectivity index (χ4n) is 3.05. The lowest BCUT2D eigenvalue weighted by Gasteiger charge is -2.38. The fraction of sp³-hybridized carbons (Fsp3) is 0.421. The number of benzene rings is 1. The maximum absolute atomic E-state index is 12.8. The van der Waals surface area contributed by atoms with Crippen molar-refractivity contribution in [2.75, 3.05) is 7.11 Å². The molecule has 1 unspecified atom stereocenters. The number of ether oxygens (including phenoxy) is 1. The Morgan fingerprint density at radius 3 is 2.39 bits per heavy atom. The number of nitrogens with one attached hydrogen (secondary N) is 1. The maximum atomic E-state index is 12.8. The number of nitro benzene ring substituents is 1. The first-order valence-corrected chi connectivity index (χ1v) is 8.80. The normalized spacial score (nSPS) is 17.0. The molecule has 0 fully saturated rings. The predicted molar refractivity (Wildman–Crippen MR) is 99.9 cm³/mol. The number of esters is 1. The molecule has 0 saturated heterocycles. The number of carbonyl (C=O) groups is 3. The minimum Gasteiger partial charge on any atom is -0.466 e. The monoisotopic (exact) mass is 389 g/mol. The summed E-state index contributed by atoms with van der Waals surface area (Å²) in [5, 5.41) is 13.8. The minimum atomic E-state index is -1.13. The van der Waals surface area contributed by atoms with E-state index in [2.05, 4.69) is 5.32 Å². The lowest BCUT2D eigenvalue weighted by molar-refractivity contribution is -0.384. The minimum absolute atomic E-state index is 0.0756. The topological polar surface area (TPSA) is 119 Å². The first-order valence-electron chi connectivity index (χ1n) is 8.80. The fourth-order valence-corrected chi connectivity index (χ4v) is 3.05. The van der Waals surface area contributed by atoms with Crippen LogP contribution in [-0.2, 0) is 14.3 Å². The number of allylic oxidation sites excluding steroid dienone is 1. The number of nitro groups is 1. The molecule has 0 saturated carbocycles. The van der Waals surface area contributed by atoms with Crippen LogP contribution < -0.4 is 5.32 Å². The summed E-state index contributed by atoms with van der Waals surface area (Å²) in [5.41, 5.74) is 0.458. The van der Waals surface area contributed by atoms with Crippen LogP contribution in [-0.4, -0.2) is 34.8 Å². The van der Waals surface area contributed by atoms with Crippen molar-refractivity contribution < 1.29 is 24.0 Å². The molecule has 1 atom stereocenters. The highest BCUT2D eigenvalue weighted by Gasteiger charge is 2.44. The SMILES string of the molecule is COC(=O)C1=C(C(C)C)NC(=O)N(C(=O)C(C)C)C1c1cccc([N+](=O)[O-])c1. The van der Waals surface area contributed by atoms with Gasteiger partial charge in [0.2, 0.25) is 5.91 Å². The Bertz CT molecular complexity index is 859. The van der Waals surface area contributed by atoms with Gasteiger partial charge in [0.15, 0.2) is 0 Å². The lowest BCUT2D eigenvalue weighted by atomic mass is 9.89. The summed E-state index contributed by atoms with van der Waals surface area (Å²) >= 11 is 0. The molecular weight excluding hydrogens is 366 g/mol. The molecule has 1 aromatic carbocycles. The Morgan fingerprint density at radius 1 is 1.25 bits per heavy atom. The summed E-state index contributed by atoms with van der Waals surface area (Å²) in [4.78, 5) is 49.8. The van der Waals surface area contributed by atoms with Crippen LogP contribution in [0.3, 0.4) is 0 Å². The number of amides is 3. The van der Waals surface area contributed by atoms with Gasteiger partial charge in [-0.05, 0) is 11.5 Å². The third kappa shape index (κ3) is 3.88. The van der Waals surface area contributed by atoms with Gasteiger partial charge in [0, 0.05) is 23.7 Å². The second-order valence-corrected chi connectivity index (χ2v) is 7.02. The summed E-state index contributed by atoms with van der Waals surface area (Å²) in [5.74, 6) is -2.03. The molecule has 2 rings (SSSR count). The van der Waals surface area contributed by atoms with E-state index in [1.165, 1.54) is 31.4 Å². The van der Waals surface area contributed by atoms with Crippen LogP contribution >= 0.6 is 0 Å². The molecule has 3 amide bonds. The Kier molecular flexibility index (Phi) is 6.17. The van der Waals surface area contributed by atoms with Crippen LogP contribution in [0.1, 0.15) is 39.3 Å². The third-order valence-electron chi connectivity index (χ3n) is 4.39. The zero-order valence-electron chi connectivity index (χ0n) is 16.4. The highest BCUT2D eigenvalue weighted by atomic mass is 16.6. The molecule has 28 heavy (non-hydrogen) atoms. The highest BCUT2D eigenvalue weighted by Crippen LogP contribution is 2.38. The molecule has 0 spiro atoms. The van der Waals surface area contributed by atoms with Crippen molar-refractivity contribution in [1.29, 1.82) is 0 Å². The molecular formula is C19H23N3O6. The van der Waals surface area contributed by atoms with E-state index in [-0.39, 0.29) is 22.7 Å². The molecule has 0 radical (unpaired) electrons. The Labute approximate surface area is 162 Å². The van der Waals surface area contributed by atoms with E-state index in [1.54, 1.807) is 27.7 Å². The third-order valence-corrected chi connectivity index (χ3v) is 4.39. The molecule has 9 nitrogen and oxygen atoms in total. The molecule has 1 aliphatic rings. The number of nitrogens with zero attached hydrogens (tertiary/aromatic N) is 2. The van der Waals surface area contributed by atoms with Crippen molar-refractivity contribution in [3.05, 3.63) is 51.2 Å². The van der Waals surface area contributed by atoms with E-state index >= 15 is 0 Å². The van der Waals surface area contributed by atoms with E-state index in [9.17, 15) is 24.5 Å². The number of imide groups is 1. The molecule has 0 aliphatic carbocycles. The van der Waals surface area contributed by atoms with Crippen LogP contribution in [0.25, 0.3) is 0 Å². The van der Waals surface area contributed by atoms with Gasteiger partial charge in [0.1, 0.15) is 6.04 Å². The number of non-ortho nitro benzene ring substituents is 1. The van der Waals surface area contributed by atoms with Gasteiger partial charge < -0.3 is 10.1 Å². The number of rotatable bonds is 5. The van der Waals surface area contributed by atoms with E-state index in [1.807, 2.05) is 0 Å². The Balaban J connectivity index is 2.81. The molecule has 1 heterocycles. The summed E-state index contributed by atoms with van der Waals surface area (Å²) in [6.45, 7) is 6.81. The first-order chi connectivity index (χ1) is 13.1. The van der Waals surface area contributed by atoms with E-state index < -0.39 is 34.8 Å². The van der Waals surface area contributed by atoms with Crippen LogP contribution in [0.15, 0.2) is 35.5 Å². The lowest BCUT2D eigenvalue weighted by Crippen LogP contribution is -2.53. The summed E-state index contributed by atoms with van der Waals surface area (Å²) in [6.07, 6.45) is 0. The van der Waals surface area contributed by atoms with Crippen molar-refractivity contribution in [2.24, 2.45) is 11.8 Å². The van der Waals surface area contributed by atoms with Gasteiger partial charge in [0.05, 0.1) is 17.6 Å². The van der Waals surface area contributed by atoms with Crippen molar-refractivity contribution in [1.82, 2.24) is 10.2 Å². The molecule has 0 bridgehead atoms. The number of carbonyl (C=O) groups excluding carboxylic acids is 3. The second kappa shape index (κ2) is 8.20. The molecule has 150 valence electrons. The smallest absolute Gasteiger partial charge is 0.338 e. The van der Waals surface area contributed by atoms with Crippen molar-refractivity contribution in [3.63, 3.8) is 0 Å². The molecule has 0 aromatic heterocycles. The second-order valence-electron chi connectivity index (χ2n) is 7.02. The van der Waals surface area contributed by atoms with Gasteiger partial charge in [-0.15, -0.1) is 0 Å². The number of methoxy groups -OCH3 is 1. The van der Waals surface area contributed by atoms with Crippen LogP contribution in [0.5, 0.6) is 0 Å². The molecule has 1 aliphatic heterocycles. The van der Waals surface area contributed by atoms with E-state index in [0.29, 0.717) is 5.70 Å². The predicted octanol–water partition coefficient (Wildman–Crippen LogP) is 2.93. The quantitative estimate of drug-likeness (QED) is 0.470. The van der Waals surface area contributed by atoms with Crippen molar-refractivity contribution in [2.45, 2.75) is 33.7 Å². The van der Waals surface area contributed by atoms with Crippen molar-refractivity contribution in [3.8, 4) is 0 Å². The zero-order valence-corrected chi connectivity index (χ0v) is 16.4. The number of hydrogen-bond acceptors (Lipinski definition) is 6. The van der Waals surface area contributed by atoms with Gasteiger partial charge in [-0.25, -0.2) is 9.59 Å². The van der Waals surface area contributed by atoms with Crippen LogP contribution in [0, 0.1) is 22.0 Å². The Hall–Kier alpha value is -3.23. The molecule has 1 aromatic rings. The van der Waals surface area contributed by atoms with E-state index in [0.717, 1.165) is 4.90 Å². The van der Waals surface area contributed by atoms with Gasteiger partial charge in [-0.1, -0.05) is 39.8 Å². The summed E-state index contributed by atoms with van der Waals surface area (Å²) < 4.78 is 4.90. The van der Waals surface area contributed by atoms with Gasteiger partial charge in [-0.2, -0.15) is 0 Å². The summed E-state index contributed by atoms with van der Waals surface area (Å²) in [6, 6.07) is 3.72. The summed E-state index contributed by atoms with van der Waals surface area (Å²) in [7, 11) is 1.20. The highest BCUT2D eigenvalue weighted by molar-refractivity contribution is 6.02. The van der Waals surface area contributed by atoms with Gasteiger partial charge in [0.25, 0.3) is 5.69 Å². The van der Waals surface area contributed by atoms with Gasteiger partial charge >= 0.3 is 12.0 Å². The van der Waals surface area contributed by atoms with Crippen LogP contribution in [0.4, 0.5) is 10.5 Å². The molecule has 1 N–H and O–H groups in total. The van der Waals surface area contributed by atoms with Crippen LogP contribution in [0.2, 0.25) is 0 Å². The maximum Gasteiger partial charge on any atom is 0.338 e. The average Bonchev–Trinajstić information content (AvgIpc) is 2.65. The standard InChI is InChI=1S/C19H23N3O6/c1-10(2)15-14(18(24)28-5)16(12-7-6-8-13(9-12)22(26)27)21(19(25)20-15)17(23)11(3)4/h6-11,16H,1-5H3,(H,20,25). The zero-order chi connectivity index (χ0) is 21.2. The molecule has 9 heteroatoms. The van der Waals surface area contributed by atoms with Crippen molar-refractivity contribution >= 4 is 23.6 Å². The van der Waals surface area contributed by atoms with Gasteiger partial charge in [-0.3, -0.25) is 19.8 Å². The average molecular weight is 389 g/mol. The largest absolute Gasteiger partial charge is 0.466 e. The van der Waals surface area contributed by atoms with E-state index in [4.69, 9.17) is 4.74 Å².